The van der Waals surface area contributed by atoms with Crippen LogP contribution in [0.2, 0.25) is 0 Å². The minimum absolute atomic E-state index is 0.0920. The summed E-state index contributed by atoms with van der Waals surface area (Å²) in [6.07, 6.45) is 2.39. The molecule has 0 spiro atoms. The van der Waals surface area contributed by atoms with Crippen molar-refractivity contribution < 1.29 is 4.79 Å². The maximum absolute atomic E-state index is 13.2. The number of carbonyl (C=O) groups excluding carboxylic acids is 1. The van der Waals surface area contributed by atoms with Crippen LogP contribution in [0.1, 0.15) is 42.6 Å². The zero-order chi connectivity index (χ0) is 24.9. The average molecular weight is 499 g/mol. The van der Waals surface area contributed by atoms with Crippen molar-refractivity contribution in [3.05, 3.63) is 83.4 Å². The first-order valence-electron chi connectivity index (χ1n) is 12.9. The number of thiazole rings is 1. The van der Waals surface area contributed by atoms with Gasteiger partial charge in [-0.15, -0.1) is 11.3 Å². The van der Waals surface area contributed by atoms with E-state index in [0.29, 0.717) is 11.6 Å². The van der Waals surface area contributed by atoms with Gasteiger partial charge in [0.25, 0.3) is 5.91 Å². The molecule has 1 amide bonds. The highest BCUT2D eigenvalue weighted by Gasteiger charge is 2.24. The van der Waals surface area contributed by atoms with Crippen LogP contribution < -0.4 is 5.32 Å². The Labute approximate surface area is 217 Å². The van der Waals surface area contributed by atoms with Crippen LogP contribution in [0.4, 0.5) is 5.69 Å². The molecule has 1 fully saturated rings. The number of amides is 1. The molecule has 0 saturated carbocycles. The first-order valence-corrected chi connectivity index (χ1v) is 13.8. The smallest absolute Gasteiger partial charge is 0.255 e. The second-order valence-electron chi connectivity index (χ2n) is 9.46. The summed E-state index contributed by atoms with van der Waals surface area (Å²) < 4.78 is 1.12. The van der Waals surface area contributed by atoms with Crippen molar-refractivity contribution in [2.24, 2.45) is 0 Å². The Bertz CT molecular complexity index is 1310. The van der Waals surface area contributed by atoms with Crippen LogP contribution in [0.15, 0.2) is 72.2 Å². The van der Waals surface area contributed by atoms with Gasteiger partial charge in [-0.25, -0.2) is 4.98 Å². The molecular formula is C30H34N4OS. The minimum Gasteiger partial charge on any atom is -0.322 e. The number of nitrogens with one attached hydrogen (secondary N) is 1. The van der Waals surface area contributed by atoms with Crippen molar-refractivity contribution in [2.45, 2.75) is 39.3 Å². The molecule has 3 aromatic carbocycles. The number of nitrogens with zero attached hydrogens (tertiary/aromatic N) is 3. The van der Waals surface area contributed by atoms with E-state index in [4.69, 9.17) is 0 Å². The van der Waals surface area contributed by atoms with Crippen LogP contribution in [0.3, 0.4) is 0 Å². The lowest BCUT2D eigenvalue weighted by molar-refractivity contribution is 0.102. The lowest BCUT2D eigenvalue weighted by Gasteiger charge is -2.38. The van der Waals surface area contributed by atoms with Crippen molar-refractivity contribution in [3.63, 3.8) is 0 Å². The Morgan fingerprint density at radius 2 is 1.81 bits per heavy atom. The van der Waals surface area contributed by atoms with Crippen molar-refractivity contribution in [3.8, 4) is 11.1 Å². The Hall–Kier alpha value is -3.06. The maximum atomic E-state index is 13.2. The largest absolute Gasteiger partial charge is 0.322 e. The lowest BCUT2D eigenvalue weighted by atomic mass is 9.95. The van der Waals surface area contributed by atoms with Crippen LogP contribution in [0.5, 0.6) is 0 Å². The zero-order valence-electron chi connectivity index (χ0n) is 21.1. The van der Waals surface area contributed by atoms with Crippen LogP contribution in [0, 0.1) is 0 Å². The van der Waals surface area contributed by atoms with Gasteiger partial charge >= 0.3 is 0 Å². The summed E-state index contributed by atoms with van der Waals surface area (Å²) in [6, 6.07) is 23.2. The first-order chi connectivity index (χ1) is 17.6. The monoisotopic (exact) mass is 498 g/mol. The predicted molar refractivity (Wildman–Crippen MR) is 151 cm³/mol. The average Bonchev–Trinajstić information content (AvgIpc) is 3.39. The van der Waals surface area contributed by atoms with E-state index < -0.39 is 0 Å². The number of fused-ring (bicyclic) bond motifs is 1. The van der Waals surface area contributed by atoms with Crippen molar-refractivity contribution in [1.29, 1.82) is 0 Å². The van der Waals surface area contributed by atoms with Crippen molar-refractivity contribution in [1.82, 2.24) is 14.8 Å². The third-order valence-electron chi connectivity index (χ3n) is 7.32. The normalized spacial score (nSPS) is 15.0. The maximum Gasteiger partial charge on any atom is 0.255 e. The highest BCUT2D eigenvalue weighted by Crippen LogP contribution is 2.28. The van der Waals surface area contributed by atoms with E-state index >= 15 is 0 Å². The van der Waals surface area contributed by atoms with Gasteiger partial charge in [-0.05, 0) is 86.0 Å². The Morgan fingerprint density at radius 3 is 2.56 bits per heavy atom. The fraction of sp³-hybridized carbons (Fsp3) is 0.333. The van der Waals surface area contributed by atoms with Gasteiger partial charge in [-0.1, -0.05) is 50.2 Å². The van der Waals surface area contributed by atoms with Crippen molar-refractivity contribution >= 4 is 33.1 Å². The molecule has 2 heterocycles. The zero-order valence-corrected chi connectivity index (χ0v) is 21.9. The van der Waals surface area contributed by atoms with Gasteiger partial charge in [0.1, 0.15) is 0 Å². The quantitative estimate of drug-likeness (QED) is 0.300. The molecule has 0 atom stereocenters. The molecule has 0 unspecified atom stereocenters. The van der Waals surface area contributed by atoms with E-state index in [1.54, 1.807) is 11.3 Å². The molecule has 1 aromatic heterocycles. The SMILES string of the molecule is CCN(CC)C1CCN(Cc2cc(C(=O)Nc3ccc4scnc4c3)ccc2-c2ccccc2)CC1. The number of carbonyl (C=O) groups is 1. The number of aromatic nitrogens is 1. The molecule has 186 valence electrons. The van der Waals surface area contributed by atoms with Crippen LogP contribution in [-0.4, -0.2) is 52.9 Å². The summed E-state index contributed by atoms with van der Waals surface area (Å²) in [5.74, 6) is -0.0920. The third kappa shape index (κ3) is 5.51. The number of piperidine rings is 1. The number of hydrogen-bond acceptors (Lipinski definition) is 5. The summed E-state index contributed by atoms with van der Waals surface area (Å²) in [5, 5.41) is 3.07. The molecule has 0 aliphatic carbocycles. The van der Waals surface area contributed by atoms with Gasteiger partial charge < -0.3 is 10.2 Å². The minimum atomic E-state index is -0.0920. The molecule has 36 heavy (non-hydrogen) atoms. The van der Waals surface area contributed by atoms with E-state index in [1.807, 2.05) is 35.8 Å². The molecule has 1 N–H and O–H groups in total. The van der Waals surface area contributed by atoms with E-state index in [1.165, 1.54) is 29.5 Å². The number of likely N-dealkylation sites (tertiary alicyclic amines) is 1. The highest BCUT2D eigenvalue weighted by molar-refractivity contribution is 7.16. The second-order valence-corrected chi connectivity index (χ2v) is 10.3. The first kappa shape index (κ1) is 24.6. The molecule has 5 nitrogen and oxygen atoms in total. The molecule has 0 radical (unpaired) electrons. The molecule has 1 saturated heterocycles. The summed E-state index contributed by atoms with van der Waals surface area (Å²) in [5.41, 5.74) is 7.77. The highest BCUT2D eigenvalue weighted by atomic mass is 32.1. The van der Waals surface area contributed by atoms with Gasteiger partial charge in [0, 0.05) is 23.8 Å². The number of benzene rings is 3. The summed E-state index contributed by atoms with van der Waals surface area (Å²) in [6.45, 7) is 9.76. The number of rotatable bonds is 8. The number of hydrogen-bond donors (Lipinski definition) is 1. The van der Waals surface area contributed by atoms with Gasteiger partial charge in [-0.3, -0.25) is 9.69 Å². The molecule has 4 aromatic rings. The molecular weight excluding hydrogens is 464 g/mol. The summed E-state index contributed by atoms with van der Waals surface area (Å²) >= 11 is 1.60. The van der Waals surface area contributed by atoms with E-state index in [0.717, 1.165) is 48.6 Å². The van der Waals surface area contributed by atoms with E-state index in [-0.39, 0.29) is 5.91 Å². The topological polar surface area (TPSA) is 48.5 Å². The Balaban J connectivity index is 1.36. The van der Waals surface area contributed by atoms with E-state index in [2.05, 4.69) is 70.3 Å². The van der Waals surface area contributed by atoms with Gasteiger partial charge in [0.05, 0.1) is 15.7 Å². The molecule has 0 bridgehead atoms. The molecule has 5 rings (SSSR count). The van der Waals surface area contributed by atoms with E-state index in [9.17, 15) is 4.79 Å². The van der Waals surface area contributed by atoms with Crippen LogP contribution in [0.25, 0.3) is 21.3 Å². The lowest BCUT2D eigenvalue weighted by Crippen LogP contribution is -2.44. The fourth-order valence-corrected chi connectivity index (χ4v) is 5.99. The van der Waals surface area contributed by atoms with Gasteiger partial charge in [0.2, 0.25) is 0 Å². The predicted octanol–water partition coefficient (Wildman–Crippen LogP) is 6.52. The van der Waals surface area contributed by atoms with Gasteiger partial charge in [0.15, 0.2) is 0 Å². The fourth-order valence-electron chi connectivity index (χ4n) is 5.33. The molecule has 1 aliphatic heterocycles. The Morgan fingerprint density at radius 1 is 1.03 bits per heavy atom. The standard InChI is InChI=1S/C30H34N4OS/c1-3-34(4-2)26-14-16-33(17-15-26)20-24-18-23(10-12-27(24)22-8-6-5-7-9-22)30(35)32-25-11-13-29-28(19-25)31-21-36-29/h5-13,18-19,21,26H,3-4,14-17,20H2,1-2H3,(H,32,35). The van der Waals surface area contributed by atoms with Crippen LogP contribution in [-0.2, 0) is 6.54 Å². The van der Waals surface area contributed by atoms with Crippen LogP contribution >= 0.6 is 11.3 Å². The van der Waals surface area contributed by atoms with Gasteiger partial charge in [-0.2, -0.15) is 0 Å². The molecule has 1 aliphatic rings. The Kier molecular flexibility index (Phi) is 7.75. The second kappa shape index (κ2) is 11.3. The number of anilines is 1. The summed E-state index contributed by atoms with van der Waals surface area (Å²) in [4.78, 5) is 22.7. The third-order valence-corrected chi connectivity index (χ3v) is 8.13. The van der Waals surface area contributed by atoms with Crippen molar-refractivity contribution in [2.75, 3.05) is 31.5 Å². The summed E-state index contributed by atoms with van der Waals surface area (Å²) in [7, 11) is 0. The molecule has 6 heteroatoms.